The zero-order valence-electron chi connectivity index (χ0n) is 6.95. The first kappa shape index (κ1) is 11.2. The number of hydrogen-bond acceptors (Lipinski definition) is 3. The maximum atomic E-state index is 10.7. The zero-order chi connectivity index (χ0) is 10.4. The number of hydrogen-bond donors (Lipinski definition) is 3. The van der Waals surface area contributed by atoms with Gasteiger partial charge in [-0.2, -0.15) is 0 Å². The smallest absolute Gasteiger partial charge is 0.244 e. The SMILES string of the molecule is C=CC(=O)NC(CC(N)=O)C(N)=O. The standard InChI is InChI=1S/C7H11N3O3/c1-2-6(12)10-4(7(9)13)3-5(8)11/h2,4H,1,3H2,(H2,8,11)(H2,9,13)(H,10,12). The molecule has 0 rings (SSSR count). The number of carbonyl (C=O) groups is 3. The third-order valence-electron chi connectivity index (χ3n) is 1.25. The van der Waals surface area contributed by atoms with Crippen LogP contribution in [-0.4, -0.2) is 23.8 Å². The Bertz CT molecular complexity index is 249. The van der Waals surface area contributed by atoms with Crippen LogP contribution < -0.4 is 16.8 Å². The van der Waals surface area contributed by atoms with Crippen LogP contribution in [-0.2, 0) is 14.4 Å². The normalized spacial score (nSPS) is 11.4. The molecule has 0 aliphatic carbocycles. The Hall–Kier alpha value is -1.85. The average Bonchev–Trinajstić information content (AvgIpc) is 2.02. The van der Waals surface area contributed by atoms with Crippen LogP contribution in [0.4, 0.5) is 0 Å². The first-order valence-electron chi connectivity index (χ1n) is 3.48. The summed E-state index contributed by atoms with van der Waals surface area (Å²) in [5, 5.41) is 2.17. The van der Waals surface area contributed by atoms with Gasteiger partial charge in [-0.15, -0.1) is 0 Å². The van der Waals surface area contributed by atoms with Crippen LogP contribution >= 0.6 is 0 Å². The van der Waals surface area contributed by atoms with E-state index >= 15 is 0 Å². The fourth-order valence-corrected chi connectivity index (χ4v) is 0.655. The predicted molar refractivity (Wildman–Crippen MR) is 45.1 cm³/mol. The number of nitrogens with two attached hydrogens (primary N) is 2. The summed E-state index contributed by atoms with van der Waals surface area (Å²) < 4.78 is 0. The van der Waals surface area contributed by atoms with E-state index in [9.17, 15) is 14.4 Å². The van der Waals surface area contributed by atoms with Gasteiger partial charge in [0.05, 0.1) is 6.42 Å². The molecule has 0 aliphatic rings. The second kappa shape index (κ2) is 4.91. The van der Waals surface area contributed by atoms with Gasteiger partial charge in [-0.25, -0.2) is 0 Å². The highest BCUT2D eigenvalue weighted by molar-refractivity contribution is 5.94. The predicted octanol–water partition coefficient (Wildman–Crippen LogP) is -1.98. The lowest BCUT2D eigenvalue weighted by Crippen LogP contribution is -2.46. The minimum Gasteiger partial charge on any atom is -0.370 e. The van der Waals surface area contributed by atoms with Crippen molar-refractivity contribution >= 4 is 17.7 Å². The molecule has 5 N–H and O–H groups in total. The van der Waals surface area contributed by atoms with Crippen molar-refractivity contribution in [1.82, 2.24) is 5.32 Å². The summed E-state index contributed by atoms with van der Waals surface area (Å²) in [6.45, 7) is 3.17. The lowest BCUT2D eigenvalue weighted by molar-refractivity contribution is -0.127. The van der Waals surface area contributed by atoms with Crippen LogP contribution in [0.25, 0.3) is 0 Å². The molecule has 6 nitrogen and oxygen atoms in total. The molecule has 1 atom stereocenters. The molecule has 0 heterocycles. The second-order valence-corrected chi connectivity index (χ2v) is 2.34. The maximum absolute atomic E-state index is 10.7. The van der Waals surface area contributed by atoms with Crippen LogP contribution in [0.15, 0.2) is 12.7 Å². The van der Waals surface area contributed by atoms with E-state index in [1.165, 1.54) is 0 Å². The van der Waals surface area contributed by atoms with E-state index in [0.717, 1.165) is 6.08 Å². The Morgan fingerprint density at radius 3 is 2.23 bits per heavy atom. The summed E-state index contributed by atoms with van der Waals surface area (Å²) in [5.41, 5.74) is 9.72. The van der Waals surface area contributed by atoms with E-state index in [-0.39, 0.29) is 6.42 Å². The van der Waals surface area contributed by atoms with Gasteiger partial charge in [0.2, 0.25) is 17.7 Å². The van der Waals surface area contributed by atoms with Crippen molar-refractivity contribution in [1.29, 1.82) is 0 Å². The van der Waals surface area contributed by atoms with E-state index in [1.807, 2.05) is 0 Å². The molecule has 0 aromatic carbocycles. The fraction of sp³-hybridized carbons (Fsp3) is 0.286. The monoisotopic (exact) mass is 185 g/mol. The Balaban J connectivity index is 4.26. The minimum atomic E-state index is -1.07. The molecule has 0 saturated carbocycles. The van der Waals surface area contributed by atoms with Gasteiger partial charge in [0.15, 0.2) is 0 Å². The van der Waals surface area contributed by atoms with Crippen LogP contribution in [0.3, 0.4) is 0 Å². The Morgan fingerprint density at radius 1 is 1.38 bits per heavy atom. The number of carbonyl (C=O) groups excluding carboxylic acids is 3. The van der Waals surface area contributed by atoms with Crippen molar-refractivity contribution in [3.8, 4) is 0 Å². The summed E-state index contributed by atoms with van der Waals surface area (Å²) in [5.74, 6) is -2.10. The maximum Gasteiger partial charge on any atom is 0.244 e. The third kappa shape index (κ3) is 4.57. The molecule has 13 heavy (non-hydrogen) atoms. The van der Waals surface area contributed by atoms with E-state index in [1.54, 1.807) is 0 Å². The number of amides is 3. The molecular weight excluding hydrogens is 174 g/mol. The average molecular weight is 185 g/mol. The van der Waals surface area contributed by atoms with Crippen LogP contribution in [0.5, 0.6) is 0 Å². The molecule has 0 aromatic rings. The Labute approximate surface area is 75.0 Å². The van der Waals surface area contributed by atoms with Crippen LogP contribution in [0, 0.1) is 0 Å². The lowest BCUT2D eigenvalue weighted by Gasteiger charge is -2.11. The topological polar surface area (TPSA) is 115 Å². The highest BCUT2D eigenvalue weighted by Gasteiger charge is 2.18. The second-order valence-electron chi connectivity index (χ2n) is 2.34. The zero-order valence-corrected chi connectivity index (χ0v) is 6.95. The highest BCUT2D eigenvalue weighted by Crippen LogP contribution is 1.89. The minimum absolute atomic E-state index is 0.311. The van der Waals surface area contributed by atoms with Gasteiger partial charge in [0.1, 0.15) is 6.04 Å². The summed E-state index contributed by atoms with van der Waals surface area (Å²) in [6, 6.07) is -1.07. The molecule has 6 heteroatoms. The highest BCUT2D eigenvalue weighted by atomic mass is 16.2. The van der Waals surface area contributed by atoms with Crippen molar-refractivity contribution in [2.75, 3.05) is 0 Å². The summed E-state index contributed by atoms with van der Waals surface area (Å²) >= 11 is 0. The van der Waals surface area contributed by atoms with Gasteiger partial charge in [-0.05, 0) is 6.08 Å². The molecule has 0 bridgehead atoms. The number of primary amides is 2. The molecule has 0 radical (unpaired) electrons. The molecule has 3 amide bonds. The van der Waals surface area contributed by atoms with E-state index in [0.29, 0.717) is 0 Å². The van der Waals surface area contributed by atoms with Gasteiger partial charge in [-0.1, -0.05) is 6.58 Å². The molecule has 0 spiro atoms. The summed E-state index contributed by atoms with van der Waals surface area (Å²) in [7, 11) is 0. The Morgan fingerprint density at radius 2 is 1.92 bits per heavy atom. The van der Waals surface area contributed by atoms with E-state index in [2.05, 4.69) is 11.9 Å². The Kier molecular flexibility index (Phi) is 4.21. The van der Waals surface area contributed by atoms with Gasteiger partial charge in [0, 0.05) is 0 Å². The summed E-state index contributed by atoms with van der Waals surface area (Å²) in [4.78, 5) is 31.8. The van der Waals surface area contributed by atoms with E-state index < -0.39 is 23.8 Å². The van der Waals surface area contributed by atoms with Crippen molar-refractivity contribution in [2.24, 2.45) is 11.5 Å². The van der Waals surface area contributed by atoms with Gasteiger partial charge in [-0.3, -0.25) is 14.4 Å². The fourth-order valence-electron chi connectivity index (χ4n) is 0.655. The van der Waals surface area contributed by atoms with Crippen LogP contribution in [0.1, 0.15) is 6.42 Å². The molecule has 1 unspecified atom stereocenters. The third-order valence-corrected chi connectivity index (χ3v) is 1.25. The van der Waals surface area contributed by atoms with Gasteiger partial charge in [0.25, 0.3) is 0 Å². The first-order chi connectivity index (χ1) is 5.97. The lowest BCUT2D eigenvalue weighted by atomic mass is 10.2. The van der Waals surface area contributed by atoms with E-state index in [4.69, 9.17) is 11.5 Å². The molecule has 0 aromatic heterocycles. The quantitative estimate of drug-likeness (QED) is 0.431. The largest absolute Gasteiger partial charge is 0.370 e. The van der Waals surface area contributed by atoms with Crippen LogP contribution in [0.2, 0.25) is 0 Å². The first-order valence-corrected chi connectivity index (χ1v) is 3.48. The van der Waals surface area contributed by atoms with Crippen molar-refractivity contribution in [3.05, 3.63) is 12.7 Å². The van der Waals surface area contributed by atoms with Gasteiger partial charge < -0.3 is 16.8 Å². The van der Waals surface area contributed by atoms with Crippen molar-refractivity contribution in [3.63, 3.8) is 0 Å². The number of rotatable bonds is 5. The molecule has 0 saturated heterocycles. The molecular formula is C7H11N3O3. The molecule has 0 aliphatic heterocycles. The molecule has 72 valence electrons. The van der Waals surface area contributed by atoms with Gasteiger partial charge >= 0.3 is 0 Å². The molecule has 0 fully saturated rings. The van der Waals surface area contributed by atoms with Crippen molar-refractivity contribution in [2.45, 2.75) is 12.5 Å². The van der Waals surface area contributed by atoms with Crippen molar-refractivity contribution < 1.29 is 14.4 Å². The summed E-state index contributed by atoms with van der Waals surface area (Å²) in [6.07, 6.45) is 0.659. The number of nitrogens with one attached hydrogen (secondary N) is 1.